The molecule has 1 saturated heterocycles. The Morgan fingerprint density at radius 2 is 1.55 bits per heavy atom. The Hall–Kier alpha value is -3.55. The summed E-state index contributed by atoms with van der Waals surface area (Å²) < 4.78 is 36.6. The number of sulfone groups is 1. The molecular weight excluding hydrogens is 498 g/mol. The summed E-state index contributed by atoms with van der Waals surface area (Å²) >= 11 is 0. The Morgan fingerprint density at radius 1 is 0.842 bits per heavy atom. The molecule has 198 valence electrons. The fourth-order valence-electron chi connectivity index (χ4n) is 4.98. The van der Waals surface area contributed by atoms with Crippen molar-refractivity contribution in [2.75, 3.05) is 32.5 Å². The number of hydrogen-bond donors (Lipinski definition) is 1. The largest absolute Gasteiger partial charge is 0.508 e. The second-order valence-corrected chi connectivity index (χ2v) is 11.9. The van der Waals surface area contributed by atoms with Gasteiger partial charge in [-0.3, -0.25) is 4.90 Å². The van der Waals surface area contributed by atoms with Gasteiger partial charge >= 0.3 is 0 Å². The second kappa shape index (κ2) is 11.1. The first kappa shape index (κ1) is 26.1. The molecule has 4 aromatic carbocycles. The molecular formula is C31H33NO5S. The fraction of sp³-hybridized carbons (Fsp3) is 0.290. The lowest BCUT2D eigenvalue weighted by Gasteiger charge is -2.26. The Labute approximate surface area is 224 Å². The maximum absolute atomic E-state index is 12.1. The number of rotatable bonds is 8. The summed E-state index contributed by atoms with van der Waals surface area (Å²) in [6, 6.07) is 21.8. The van der Waals surface area contributed by atoms with Crippen molar-refractivity contribution in [3.05, 3.63) is 78.4 Å². The molecule has 1 fully saturated rings. The summed E-state index contributed by atoms with van der Waals surface area (Å²) in [7, 11) is -3.31. The SMILES string of the molecule is Cc1cc(S(C)(=O)=O)ccc1-c1ccc2cc(O)ccc2c1Oc1ccc(OCCN2CCCCC2)cc1. The van der Waals surface area contributed by atoms with Crippen LogP contribution in [0.5, 0.6) is 23.0 Å². The van der Waals surface area contributed by atoms with Gasteiger partial charge in [-0.05, 0) is 110 Å². The Balaban J connectivity index is 1.42. The minimum atomic E-state index is -3.31. The monoisotopic (exact) mass is 531 g/mol. The van der Waals surface area contributed by atoms with Gasteiger partial charge < -0.3 is 14.6 Å². The van der Waals surface area contributed by atoms with E-state index in [2.05, 4.69) is 4.90 Å². The summed E-state index contributed by atoms with van der Waals surface area (Å²) in [4.78, 5) is 2.73. The standard InChI is InChI=1S/C31H33NO5S/c1-22-20-27(38(2,34)35)12-15-28(22)30-13-6-23-21-24(33)7-14-29(23)31(30)37-26-10-8-25(9-11-26)36-19-18-32-16-4-3-5-17-32/h6-15,20-21,33H,3-5,16-19H2,1-2H3. The second-order valence-electron chi connectivity index (χ2n) is 9.92. The number of phenols is 1. The number of aromatic hydroxyl groups is 1. The van der Waals surface area contributed by atoms with Crippen molar-refractivity contribution in [2.24, 2.45) is 0 Å². The van der Waals surface area contributed by atoms with Crippen LogP contribution < -0.4 is 9.47 Å². The smallest absolute Gasteiger partial charge is 0.175 e. The molecule has 38 heavy (non-hydrogen) atoms. The van der Waals surface area contributed by atoms with Gasteiger partial charge in [0, 0.05) is 23.8 Å². The molecule has 6 nitrogen and oxygen atoms in total. The van der Waals surface area contributed by atoms with Crippen molar-refractivity contribution in [1.82, 2.24) is 4.90 Å². The Morgan fingerprint density at radius 3 is 2.26 bits per heavy atom. The van der Waals surface area contributed by atoms with Gasteiger partial charge in [0.05, 0.1) is 4.90 Å². The summed E-state index contributed by atoms with van der Waals surface area (Å²) in [5.74, 6) is 2.26. The average Bonchev–Trinajstić information content (AvgIpc) is 2.90. The lowest BCUT2D eigenvalue weighted by Crippen LogP contribution is -2.33. The third-order valence-corrected chi connectivity index (χ3v) is 8.15. The van der Waals surface area contributed by atoms with E-state index in [1.54, 1.807) is 24.3 Å². The van der Waals surface area contributed by atoms with Crippen LogP contribution in [0.25, 0.3) is 21.9 Å². The molecule has 0 aromatic heterocycles. The van der Waals surface area contributed by atoms with Crippen LogP contribution in [-0.2, 0) is 9.84 Å². The highest BCUT2D eigenvalue weighted by atomic mass is 32.2. The number of benzene rings is 4. The summed E-state index contributed by atoms with van der Waals surface area (Å²) in [6.45, 7) is 5.78. The third kappa shape index (κ3) is 5.95. The highest BCUT2D eigenvalue weighted by Gasteiger charge is 2.17. The van der Waals surface area contributed by atoms with E-state index in [9.17, 15) is 13.5 Å². The van der Waals surface area contributed by atoms with E-state index in [0.717, 1.165) is 52.8 Å². The molecule has 1 aliphatic heterocycles. The van der Waals surface area contributed by atoms with Crippen LogP contribution in [0, 0.1) is 6.92 Å². The zero-order valence-electron chi connectivity index (χ0n) is 21.8. The number of fused-ring (bicyclic) bond motifs is 1. The molecule has 0 amide bonds. The number of ether oxygens (including phenoxy) is 2. The lowest BCUT2D eigenvalue weighted by molar-refractivity contribution is 0.183. The number of aryl methyl sites for hydroxylation is 1. The van der Waals surface area contributed by atoms with Crippen molar-refractivity contribution in [3.63, 3.8) is 0 Å². The lowest BCUT2D eigenvalue weighted by atomic mass is 9.96. The molecule has 0 radical (unpaired) electrons. The van der Waals surface area contributed by atoms with Gasteiger partial charge in [0.15, 0.2) is 9.84 Å². The van der Waals surface area contributed by atoms with Crippen LogP contribution in [0.4, 0.5) is 0 Å². The molecule has 0 unspecified atom stereocenters. The van der Waals surface area contributed by atoms with E-state index < -0.39 is 9.84 Å². The van der Waals surface area contributed by atoms with Gasteiger partial charge in [-0.2, -0.15) is 0 Å². The van der Waals surface area contributed by atoms with Crippen LogP contribution in [0.3, 0.4) is 0 Å². The maximum atomic E-state index is 12.1. The fourth-order valence-corrected chi connectivity index (χ4v) is 5.68. The van der Waals surface area contributed by atoms with Gasteiger partial charge in [0.2, 0.25) is 0 Å². The average molecular weight is 532 g/mol. The number of hydrogen-bond acceptors (Lipinski definition) is 6. The molecule has 0 bridgehead atoms. The predicted octanol–water partition coefficient (Wildman–Crippen LogP) is 6.58. The van der Waals surface area contributed by atoms with Gasteiger partial charge in [0.25, 0.3) is 0 Å². The van der Waals surface area contributed by atoms with E-state index in [-0.39, 0.29) is 10.6 Å². The van der Waals surface area contributed by atoms with Crippen LogP contribution in [0.15, 0.2) is 77.7 Å². The van der Waals surface area contributed by atoms with Crippen LogP contribution in [0.2, 0.25) is 0 Å². The van der Waals surface area contributed by atoms with Crippen LogP contribution >= 0.6 is 0 Å². The third-order valence-electron chi connectivity index (χ3n) is 7.04. The summed E-state index contributed by atoms with van der Waals surface area (Å²) in [5.41, 5.74) is 2.54. The summed E-state index contributed by atoms with van der Waals surface area (Å²) in [6.07, 6.45) is 5.07. The normalized spacial score (nSPS) is 14.5. The molecule has 1 aliphatic rings. The molecule has 0 saturated carbocycles. The Bertz CT molecular complexity index is 1540. The molecule has 4 aromatic rings. The van der Waals surface area contributed by atoms with E-state index >= 15 is 0 Å². The van der Waals surface area contributed by atoms with Gasteiger partial charge in [-0.25, -0.2) is 8.42 Å². The van der Waals surface area contributed by atoms with Crippen molar-refractivity contribution < 1.29 is 23.0 Å². The maximum Gasteiger partial charge on any atom is 0.175 e. The quantitative estimate of drug-likeness (QED) is 0.277. The van der Waals surface area contributed by atoms with E-state index in [1.165, 1.54) is 25.5 Å². The highest BCUT2D eigenvalue weighted by molar-refractivity contribution is 7.90. The van der Waals surface area contributed by atoms with Crippen LogP contribution in [0.1, 0.15) is 24.8 Å². The highest BCUT2D eigenvalue weighted by Crippen LogP contribution is 2.42. The minimum absolute atomic E-state index is 0.177. The van der Waals surface area contributed by atoms with E-state index in [4.69, 9.17) is 9.47 Å². The van der Waals surface area contributed by atoms with Crippen molar-refractivity contribution in [1.29, 1.82) is 0 Å². The van der Waals surface area contributed by atoms with Gasteiger partial charge in [0.1, 0.15) is 29.6 Å². The first-order valence-corrected chi connectivity index (χ1v) is 14.9. The molecule has 1 heterocycles. The first-order chi connectivity index (χ1) is 18.3. The molecule has 5 rings (SSSR count). The molecule has 1 N–H and O–H groups in total. The van der Waals surface area contributed by atoms with Crippen molar-refractivity contribution in [3.8, 4) is 34.1 Å². The van der Waals surface area contributed by atoms with E-state index in [1.807, 2.05) is 55.5 Å². The zero-order chi connectivity index (χ0) is 26.7. The van der Waals surface area contributed by atoms with Crippen molar-refractivity contribution in [2.45, 2.75) is 31.1 Å². The van der Waals surface area contributed by atoms with E-state index in [0.29, 0.717) is 18.1 Å². The molecule has 0 atom stereocenters. The number of piperidine rings is 1. The number of likely N-dealkylation sites (tertiary alicyclic amines) is 1. The number of phenolic OH excluding ortho intramolecular Hbond substituents is 1. The van der Waals surface area contributed by atoms with Crippen LogP contribution in [-0.4, -0.2) is 50.9 Å². The topological polar surface area (TPSA) is 76.1 Å². The van der Waals surface area contributed by atoms with Gasteiger partial charge in [-0.1, -0.05) is 18.6 Å². The summed E-state index contributed by atoms with van der Waals surface area (Å²) in [5, 5.41) is 11.7. The number of nitrogens with zero attached hydrogens (tertiary/aromatic N) is 1. The predicted molar refractivity (Wildman–Crippen MR) is 151 cm³/mol. The molecule has 0 spiro atoms. The first-order valence-electron chi connectivity index (χ1n) is 13.0. The molecule has 7 heteroatoms. The van der Waals surface area contributed by atoms with Gasteiger partial charge in [-0.15, -0.1) is 0 Å². The minimum Gasteiger partial charge on any atom is -0.508 e. The Kier molecular flexibility index (Phi) is 7.58. The zero-order valence-corrected chi connectivity index (χ0v) is 22.6. The van der Waals surface area contributed by atoms with Crippen molar-refractivity contribution >= 4 is 20.6 Å². The molecule has 0 aliphatic carbocycles.